The Morgan fingerprint density at radius 2 is 2.04 bits per heavy atom. The summed E-state index contributed by atoms with van der Waals surface area (Å²) in [6, 6.07) is 11.3. The number of hydrogen-bond acceptors (Lipinski definition) is 3. The number of benzene rings is 1. The molecule has 146 valence electrons. The van der Waals surface area contributed by atoms with E-state index < -0.39 is 5.60 Å². The maximum Gasteiger partial charge on any atom is 0.106 e. The Morgan fingerprint density at radius 1 is 1.18 bits per heavy atom. The first-order valence-corrected chi connectivity index (χ1v) is 10.5. The van der Waals surface area contributed by atoms with Crippen LogP contribution in [0.15, 0.2) is 36.5 Å². The van der Waals surface area contributed by atoms with Crippen LogP contribution in [0.4, 0.5) is 0 Å². The van der Waals surface area contributed by atoms with Gasteiger partial charge in [-0.25, -0.2) is 0 Å². The van der Waals surface area contributed by atoms with E-state index in [4.69, 9.17) is 0 Å². The van der Waals surface area contributed by atoms with Crippen molar-refractivity contribution in [2.45, 2.75) is 58.2 Å². The summed E-state index contributed by atoms with van der Waals surface area (Å²) in [4.78, 5) is 7.05. The number of nitrogens with zero attached hydrogens (tertiary/aromatic N) is 3. The Hall–Kier alpha value is -2.17. The summed E-state index contributed by atoms with van der Waals surface area (Å²) in [5, 5.41) is 12.8. The minimum atomic E-state index is -0.960. The molecule has 2 aliphatic rings. The molecule has 28 heavy (non-hydrogen) atoms. The van der Waals surface area contributed by atoms with Crippen LogP contribution < -0.4 is 0 Å². The van der Waals surface area contributed by atoms with E-state index in [0.29, 0.717) is 12.6 Å². The van der Waals surface area contributed by atoms with Gasteiger partial charge in [-0.05, 0) is 63.9 Å². The smallest absolute Gasteiger partial charge is 0.106 e. The number of fused-ring (bicyclic) bond motifs is 5. The van der Waals surface area contributed by atoms with Gasteiger partial charge in [-0.15, -0.1) is 0 Å². The number of aliphatic hydroxyl groups is 1. The number of aromatic nitrogens is 2. The van der Waals surface area contributed by atoms with Gasteiger partial charge in [-0.1, -0.05) is 17.7 Å². The van der Waals surface area contributed by atoms with E-state index >= 15 is 0 Å². The van der Waals surface area contributed by atoms with Crippen molar-refractivity contribution in [2.24, 2.45) is 0 Å². The number of aryl methyl sites for hydroxylation is 2. The van der Waals surface area contributed by atoms with Gasteiger partial charge in [0.25, 0.3) is 0 Å². The molecule has 0 amide bonds. The van der Waals surface area contributed by atoms with Crippen LogP contribution in [-0.2, 0) is 18.6 Å². The second-order valence-corrected chi connectivity index (χ2v) is 8.87. The normalized spacial score (nSPS) is 21.5. The van der Waals surface area contributed by atoms with E-state index in [1.54, 1.807) is 0 Å². The van der Waals surface area contributed by atoms with Crippen LogP contribution in [0.1, 0.15) is 53.9 Å². The molecule has 2 atom stereocenters. The molecule has 2 aliphatic heterocycles. The predicted octanol–water partition coefficient (Wildman–Crippen LogP) is 4.25. The number of pyridine rings is 1. The molecule has 0 radical (unpaired) electrons. The second-order valence-electron chi connectivity index (χ2n) is 8.87. The third kappa shape index (κ3) is 2.78. The molecule has 2 aromatic heterocycles. The zero-order valence-corrected chi connectivity index (χ0v) is 17.1. The number of rotatable bonds is 3. The molecule has 0 saturated carbocycles. The van der Waals surface area contributed by atoms with Gasteiger partial charge in [-0.2, -0.15) is 0 Å². The quantitative estimate of drug-likeness (QED) is 0.744. The Bertz CT molecular complexity index is 1030. The molecule has 0 spiro atoms. The summed E-state index contributed by atoms with van der Waals surface area (Å²) in [5.74, 6) is 0. The summed E-state index contributed by atoms with van der Waals surface area (Å²) in [6.07, 6.45) is 5.41. The Balaban J connectivity index is 1.65. The number of hydrogen-bond donors (Lipinski definition) is 1. The van der Waals surface area contributed by atoms with Gasteiger partial charge < -0.3 is 9.67 Å². The lowest BCUT2D eigenvalue weighted by Gasteiger charge is -2.32. The van der Waals surface area contributed by atoms with Crippen LogP contribution >= 0.6 is 0 Å². The van der Waals surface area contributed by atoms with Crippen LogP contribution in [0.3, 0.4) is 0 Å². The topological polar surface area (TPSA) is 41.3 Å². The predicted molar refractivity (Wildman–Crippen MR) is 112 cm³/mol. The Kier molecular flexibility index (Phi) is 4.11. The Labute approximate surface area is 166 Å². The lowest BCUT2D eigenvalue weighted by molar-refractivity contribution is 0.0380. The van der Waals surface area contributed by atoms with E-state index in [0.717, 1.165) is 24.2 Å². The summed E-state index contributed by atoms with van der Waals surface area (Å²) in [5.41, 5.74) is 6.38. The molecule has 1 fully saturated rings. The van der Waals surface area contributed by atoms with Gasteiger partial charge in [-0.3, -0.25) is 9.88 Å². The van der Waals surface area contributed by atoms with Crippen molar-refractivity contribution in [1.29, 1.82) is 0 Å². The average molecular weight is 376 g/mol. The van der Waals surface area contributed by atoms with E-state index in [2.05, 4.69) is 39.6 Å². The SMILES string of the molecule is Cc1ccc2c(c1)c1c(n2CC(C)(O)c2ccc(C)nc2)CCN2CCCC12. The summed E-state index contributed by atoms with van der Waals surface area (Å²) in [7, 11) is 0. The first-order valence-electron chi connectivity index (χ1n) is 10.5. The first kappa shape index (κ1) is 17.9. The second kappa shape index (κ2) is 6.43. The fraction of sp³-hybridized carbons (Fsp3) is 0.458. The van der Waals surface area contributed by atoms with Crippen LogP contribution in [0.5, 0.6) is 0 Å². The van der Waals surface area contributed by atoms with Crippen LogP contribution in [0.25, 0.3) is 10.9 Å². The molecule has 2 unspecified atom stereocenters. The monoisotopic (exact) mass is 375 g/mol. The molecule has 1 aromatic carbocycles. The highest BCUT2D eigenvalue weighted by Gasteiger charge is 2.36. The van der Waals surface area contributed by atoms with E-state index in [9.17, 15) is 5.11 Å². The maximum absolute atomic E-state index is 11.4. The third-order valence-electron chi connectivity index (χ3n) is 6.70. The van der Waals surface area contributed by atoms with Crippen molar-refractivity contribution < 1.29 is 5.11 Å². The first-order chi connectivity index (χ1) is 13.4. The summed E-state index contributed by atoms with van der Waals surface area (Å²) in [6.45, 7) is 8.96. The molecule has 0 bridgehead atoms. The van der Waals surface area contributed by atoms with Gasteiger partial charge >= 0.3 is 0 Å². The average Bonchev–Trinajstić information content (AvgIpc) is 3.25. The van der Waals surface area contributed by atoms with Crippen molar-refractivity contribution in [3.05, 3.63) is 64.6 Å². The highest BCUT2D eigenvalue weighted by Crippen LogP contribution is 2.44. The largest absolute Gasteiger partial charge is 0.384 e. The summed E-state index contributed by atoms with van der Waals surface area (Å²) >= 11 is 0. The molecule has 0 aliphatic carbocycles. The molecule has 1 N–H and O–H groups in total. The van der Waals surface area contributed by atoms with Crippen LogP contribution in [-0.4, -0.2) is 32.6 Å². The third-order valence-corrected chi connectivity index (χ3v) is 6.70. The minimum Gasteiger partial charge on any atom is -0.384 e. The van der Waals surface area contributed by atoms with E-state index in [-0.39, 0.29) is 0 Å². The van der Waals surface area contributed by atoms with Crippen molar-refractivity contribution in [3.8, 4) is 0 Å². The van der Waals surface area contributed by atoms with Gasteiger partial charge in [0.2, 0.25) is 0 Å². The van der Waals surface area contributed by atoms with E-state index in [1.165, 1.54) is 47.1 Å². The molecule has 5 rings (SSSR count). The van der Waals surface area contributed by atoms with Crippen molar-refractivity contribution in [3.63, 3.8) is 0 Å². The molecular formula is C24H29N3O. The van der Waals surface area contributed by atoms with Gasteiger partial charge in [0.15, 0.2) is 0 Å². The fourth-order valence-corrected chi connectivity index (χ4v) is 5.23. The van der Waals surface area contributed by atoms with Crippen LogP contribution in [0.2, 0.25) is 0 Å². The molecule has 4 heterocycles. The van der Waals surface area contributed by atoms with Crippen molar-refractivity contribution in [2.75, 3.05) is 13.1 Å². The molecule has 1 saturated heterocycles. The fourth-order valence-electron chi connectivity index (χ4n) is 5.23. The van der Waals surface area contributed by atoms with E-state index in [1.807, 2.05) is 32.2 Å². The van der Waals surface area contributed by atoms with Gasteiger partial charge in [0.05, 0.1) is 6.54 Å². The maximum atomic E-state index is 11.4. The van der Waals surface area contributed by atoms with Crippen LogP contribution in [0, 0.1) is 13.8 Å². The highest BCUT2D eigenvalue weighted by molar-refractivity contribution is 5.87. The van der Waals surface area contributed by atoms with Crippen molar-refractivity contribution in [1.82, 2.24) is 14.5 Å². The highest BCUT2D eigenvalue weighted by atomic mass is 16.3. The van der Waals surface area contributed by atoms with Gasteiger partial charge in [0, 0.05) is 53.1 Å². The molecular weight excluding hydrogens is 346 g/mol. The molecule has 4 heteroatoms. The standard InChI is InChI=1S/C24H29N3O/c1-16-6-9-20-19(13-16)23-21-5-4-11-26(21)12-10-22(23)27(20)15-24(3,28)18-8-7-17(2)25-14-18/h6-9,13-14,21,28H,4-5,10-12,15H2,1-3H3. The zero-order chi connectivity index (χ0) is 19.5. The lowest BCUT2D eigenvalue weighted by atomic mass is 9.95. The lowest BCUT2D eigenvalue weighted by Crippen LogP contribution is -2.33. The molecule has 4 nitrogen and oxygen atoms in total. The zero-order valence-electron chi connectivity index (χ0n) is 17.1. The minimum absolute atomic E-state index is 0.542. The summed E-state index contributed by atoms with van der Waals surface area (Å²) < 4.78 is 2.39. The van der Waals surface area contributed by atoms with Gasteiger partial charge in [0.1, 0.15) is 5.60 Å². The molecule has 3 aromatic rings. The van der Waals surface area contributed by atoms with Crippen molar-refractivity contribution >= 4 is 10.9 Å². The Morgan fingerprint density at radius 3 is 2.82 bits per heavy atom.